The summed E-state index contributed by atoms with van der Waals surface area (Å²) in [5, 5.41) is 2.66. The monoisotopic (exact) mass is 566 g/mol. The van der Waals surface area contributed by atoms with E-state index in [-0.39, 0.29) is 18.0 Å². The number of nitrogens with one attached hydrogen (secondary N) is 3. The van der Waals surface area contributed by atoms with E-state index < -0.39 is 27.9 Å². The highest BCUT2D eigenvalue weighted by atomic mass is 32.2. The molecule has 10 heteroatoms. The van der Waals surface area contributed by atoms with Crippen LogP contribution in [0.1, 0.15) is 69.5 Å². The van der Waals surface area contributed by atoms with Crippen LogP contribution < -0.4 is 10.0 Å². The summed E-state index contributed by atoms with van der Waals surface area (Å²) in [6.07, 6.45) is 7.80. The minimum absolute atomic E-state index is 0.0761. The number of hydrogen-bond donors (Lipinski definition) is 3. The minimum Gasteiger partial charge on any atom is -0.465 e. The molecular weight excluding hydrogens is 528 g/mol. The lowest BCUT2D eigenvalue weighted by molar-refractivity contribution is -0.144. The van der Waals surface area contributed by atoms with Gasteiger partial charge in [-0.05, 0) is 101 Å². The maximum atomic E-state index is 13.2. The average Bonchev–Trinajstić information content (AvgIpc) is 3.38. The third kappa shape index (κ3) is 7.17. The molecule has 1 aliphatic rings. The Labute approximate surface area is 236 Å². The van der Waals surface area contributed by atoms with Gasteiger partial charge in [0.05, 0.1) is 11.5 Å². The molecule has 40 heavy (non-hydrogen) atoms. The Morgan fingerprint density at radius 2 is 1.77 bits per heavy atom. The van der Waals surface area contributed by atoms with E-state index in [0.717, 1.165) is 42.5 Å². The molecule has 0 unspecified atom stereocenters. The minimum atomic E-state index is -4.06. The van der Waals surface area contributed by atoms with Crippen LogP contribution in [0.2, 0.25) is 0 Å². The van der Waals surface area contributed by atoms with Gasteiger partial charge in [0.15, 0.2) is 0 Å². The highest BCUT2D eigenvalue weighted by Crippen LogP contribution is 2.22. The Morgan fingerprint density at radius 3 is 2.50 bits per heavy atom. The second-order valence-electron chi connectivity index (χ2n) is 10.4. The molecule has 2 heterocycles. The predicted octanol–water partition coefficient (Wildman–Crippen LogP) is 3.64. The van der Waals surface area contributed by atoms with Gasteiger partial charge in [0.25, 0.3) is 5.91 Å². The standard InChI is InChI=1S/C30H38N4O5S/c1-5-39-30(36)27(34-40(37,38)28-20(3)14-19(2)15-21(28)4)18-32-29(35)26-16-22(17-31-26)10-12-24-13-11-23-8-6-7-9-25(23)33-24/h11,13-17,27,31,34H,5-10,12,18H2,1-4H3,(H,32,35)/t27-/m0/s1. The van der Waals surface area contributed by atoms with E-state index in [1.165, 1.54) is 24.1 Å². The van der Waals surface area contributed by atoms with Crippen LogP contribution in [0, 0.1) is 20.8 Å². The number of pyridine rings is 1. The molecule has 1 aromatic carbocycles. The van der Waals surface area contributed by atoms with Gasteiger partial charge >= 0.3 is 5.97 Å². The largest absolute Gasteiger partial charge is 0.465 e. The van der Waals surface area contributed by atoms with Crippen LogP contribution in [0.25, 0.3) is 0 Å². The molecule has 1 atom stereocenters. The van der Waals surface area contributed by atoms with Crippen LogP contribution in [-0.2, 0) is 45.2 Å². The maximum Gasteiger partial charge on any atom is 0.326 e. The summed E-state index contributed by atoms with van der Waals surface area (Å²) in [7, 11) is -4.06. The number of hydrogen-bond acceptors (Lipinski definition) is 6. The van der Waals surface area contributed by atoms with E-state index in [1.54, 1.807) is 45.2 Å². The Hall–Kier alpha value is -3.50. The predicted molar refractivity (Wildman–Crippen MR) is 153 cm³/mol. The lowest BCUT2D eigenvalue weighted by Gasteiger charge is -2.20. The average molecular weight is 567 g/mol. The van der Waals surface area contributed by atoms with Crippen molar-refractivity contribution in [1.82, 2.24) is 20.0 Å². The molecule has 0 fully saturated rings. The van der Waals surface area contributed by atoms with Crippen molar-refractivity contribution >= 4 is 21.9 Å². The second-order valence-corrected chi connectivity index (χ2v) is 12.1. The Bertz CT molecular complexity index is 1470. The molecule has 1 aliphatic carbocycles. The fourth-order valence-electron chi connectivity index (χ4n) is 5.30. The molecule has 0 bridgehead atoms. The topological polar surface area (TPSA) is 130 Å². The molecule has 0 saturated heterocycles. The maximum absolute atomic E-state index is 13.2. The molecule has 3 aromatic rings. The van der Waals surface area contributed by atoms with Crippen molar-refractivity contribution in [1.29, 1.82) is 0 Å². The van der Waals surface area contributed by atoms with Gasteiger partial charge in [-0.15, -0.1) is 0 Å². The van der Waals surface area contributed by atoms with Gasteiger partial charge in [-0.25, -0.2) is 8.42 Å². The van der Waals surface area contributed by atoms with Crippen molar-refractivity contribution in [2.24, 2.45) is 0 Å². The molecule has 9 nitrogen and oxygen atoms in total. The highest BCUT2D eigenvalue weighted by molar-refractivity contribution is 7.89. The molecule has 1 amide bonds. The fourth-order valence-corrected chi connectivity index (χ4v) is 6.93. The van der Waals surface area contributed by atoms with Gasteiger partial charge < -0.3 is 15.0 Å². The van der Waals surface area contributed by atoms with Crippen LogP contribution in [0.15, 0.2) is 41.4 Å². The Morgan fingerprint density at radius 1 is 1.05 bits per heavy atom. The van der Waals surface area contributed by atoms with E-state index in [0.29, 0.717) is 16.8 Å². The molecule has 3 N–H and O–H groups in total. The molecule has 0 radical (unpaired) electrons. The number of sulfonamides is 1. The molecule has 214 valence electrons. The van der Waals surface area contributed by atoms with Crippen molar-refractivity contribution in [2.45, 2.75) is 77.2 Å². The summed E-state index contributed by atoms with van der Waals surface area (Å²) in [5.74, 6) is -1.21. The zero-order valence-electron chi connectivity index (χ0n) is 23.6. The lowest BCUT2D eigenvalue weighted by atomic mass is 9.95. The number of esters is 1. The van der Waals surface area contributed by atoms with Crippen LogP contribution in [0.5, 0.6) is 0 Å². The van der Waals surface area contributed by atoms with E-state index in [4.69, 9.17) is 9.72 Å². The van der Waals surface area contributed by atoms with Crippen molar-refractivity contribution in [3.63, 3.8) is 0 Å². The van der Waals surface area contributed by atoms with Gasteiger partial charge in [-0.2, -0.15) is 4.72 Å². The van der Waals surface area contributed by atoms with Crippen molar-refractivity contribution in [3.05, 3.63) is 81.4 Å². The van der Waals surface area contributed by atoms with Gasteiger partial charge in [-0.3, -0.25) is 14.6 Å². The molecule has 2 aromatic heterocycles. The number of ether oxygens (including phenoxy) is 1. The van der Waals surface area contributed by atoms with Crippen molar-refractivity contribution in [2.75, 3.05) is 13.2 Å². The van der Waals surface area contributed by atoms with Crippen LogP contribution >= 0.6 is 0 Å². The van der Waals surface area contributed by atoms with E-state index in [9.17, 15) is 18.0 Å². The molecule has 0 saturated carbocycles. The number of aromatic nitrogens is 2. The number of amides is 1. The number of nitrogens with zero attached hydrogens (tertiary/aromatic N) is 1. The van der Waals surface area contributed by atoms with Crippen molar-refractivity contribution < 1.29 is 22.7 Å². The van der Waals surface area contributed by atoms with E-state index in [1.807, 2.05) is 6.92 Å². The highest BCUT2D eigenvalue weighted by Gasteiger charge is 2.29. The number of H-pyrrole nitrogens is 1. The smallest absolute Gasteiger partial charge is 0.326 e. The third-order valence-corrected chi connectivity index (χ3v) is 8.88. The zero-order valence-corrected chi connectivity index (χ0v) is 24.4. The number of aryl methyl sites for hydroxylation is 7. The summed E-state index contributed by atoms with van der Waals surface area (Å²) in [6, 6.07) is 8.28. The van der Waals surface area contributed by atoms with E-state index >= 15 is 0 Å². The zero-order chi connectivity index (χ0) is 28.9. The van der Waals surface area contributed by atoms with Crippen molar-refractivity contribution in [3.8, 4) is 0 Å². The van der Waals surface area contributed by atoms with Gasteiger partial charge in [-0.1, -0.05) is 23.8 Å². The first-order chi connectivity index (χ1) is 19.1. The first-order valence-corrected chi connectivity index (χ1v) is 15.3. The normalized spacial score (nSPS) is 13.9. The van der Waals surface area contributed by atoms with E-state index in [2.05, 4.69) is 27.2 Å². The fraction of sp³-hybridized carbons (Fsp3) is 0.433. The quantitative estimate of drug-likeness (QED) is 0.304. The molecule has 4 rings (SSSR count). The number of fused-ring (bicyclic) bond motifs is 1. The summed E-state index contributed by atoms with van der Waals surface area (Å²) >= 11 is 0. The third-order valence-electron chi connectivity index (χ3n) is 7.10. The summed E-state index contributed by atoms with van der Waals surface area (Å²) in [6.45, 7) is 6.75. The van der Waals surface area contributed by atoms with Gasteiger partial charge in [0.2, 0.25) is 10.0 Å². The number of rotatable bonds is 11. The summed E-state index contributed by atoms with van der Waals surface area (Å²) < 4.78 is 34.0. The van der Waals surface area contributed by atoms with Crippen LogP contribution in [0.3, 0.4) is 0 Å². The van der Waals surface area contributed by atoms with Gasteiger partial charge in [0, 0.05) is 24.1 Å². The number of aromatic amines is 1. The molecule has 0 spiro atoms. The summed E-state index contributed by atoms with van der Waals surface area (Å²) in [5.41, 5.74) is 6.95. The first-order valence-electron chi connectivity index (χ1n) is 13.8. The molecule has 0 aliphatic heterocycles. The Kier molecular flexibility index (Phi) is 9.42. The number of carbonyl (C=O) groups is 2. The Balaban J connectivity index is 1.39. The number of benzene rings is 1. The second kappa shape index (κ2) is 12.8. The lowest BCUT2D eigenvalue weighted by Crippen LogP contribution is -2.49. The first kappa shape index (κ1) is 29.5. The number of carbonyl (C=O) groups excluding carboxylic acids is 2. The SMILES string of the molecule is CCOC(=O)[C@H](CNC(=O)c1cc(CCc2ccc3c(n2)CCCC3)c[nH]1)NS(=O)(=O)c1c(C)cc(C)cc1C. The van der Waals surface area contributed by atoms with Crippen LogP contribution in [-0.4, -0.2) is 49.5 Å². The summed E-state index contributed by atoms with van der Waals surface area (Å²) in [4.78, 5) is 33.4. The van der Waals surface area contributed by atoms with Crippen LogP contribution in [0.4, 0.5) is 0 Å². The van der Waals surface area contributed by atoms with Gasteiger partial charge in [0.1, 0.15) is 11.7 Å². The molecular formula is C30H38N4O5S.